The van der Waals surface area contributed by atoms with Gasteiger partial charge in [-0.05, 0) is 31.5 Å². The van der Waals surface area contributed by atoms with Gasteiger partial charge in [0.2, 0.25) is 0 Å². The van der Waals surface area contributed by atoms with Gasteiger partial charge in [-0.25, -0.2) is 17.5 Å². The van der Waals surface area contributed by atoms with E-state index < -0.39 is 32.9 Å². The quantitative estimate of drug-likeness (QED) is 0.508. The van der Waals surface area contributed by atoms with Crippen molar-refractivity contribution in [2.24, 2.45) is 4.99 Å². The monoisotopic (exact) mass is 454 g/mol. The summed E-state index contributed by atoms with van der Waals surface area (Å²) in [5, 5.41) is 0. The Bertz CT molecular complexity index is 1040. The Morgan fingerprint density at radius 3 is 2.03 bits per heavy atom. The molecule has 0 aliphatic carbocycles. The lowest BCUT2D eigenvalue weighted by molar-refractivity contribution is -0.144. The van der Waals surface area contributed by atoms with Gasteiger partial charge in [0.1, 0.15) is 11.9 Å². The van der Waals surface area contributed by atoms with Crippen LogP contribution in [0.4, 0.5) is 0 Å². The second-order valence-corrected chi connectivity index (χ2v) is 9.64. The first kappa shape index (κ1) is 21.6. The minimum Gasteiger partial charge on any atom is -0.467 e. The summed E-state index contributed by atoms with van der Waals surface area (Å²) in [6, 6.07) is 11.5. The van der Waals surface area contributed by atoms with Gasteiger partial charge in [-0.1, -0.05) is 70.7 Å². The minimum absolute atomic E-state index is 0.00300. The van der Waals surface area contributed by atoms with E-state index in [1.165, 1.54) is 19.2 Å². The molecule has 2 aromatic rings. The van der Waals surface area contributed by atoms with E-state index in [9.17, 15) is 13.2 Å². The maximum absolute atomic E-state index is 13.4. The van der Waals surface area contributed by atoms with Crippen molar-refractivity contribution in [3.8, 4) is 0 Å². The van der Waals surface area contributed by atoms with Gasteiger partial charge in [0, 0.05) is 0 Å². The molecular formula is C20H20Cl2N2O4S. The summed E-state index contributed by atoms with van der Waals surface area (Å²) in [7, 11) is -2.97. The molecule has 0 spiro atoms. The molecule has 9 heteroatoms. The van der Waals surface area contributed by atoms with E-state index in [1.54, 1.807) is 24.3 Å². The van der Waals surface area contributed by atoms with E-state index in [4.69, 9.17) is 27.9 Å². The van der Waals surface area contributed by atoms with Gasteiger partial charge in [-0.2, -0.15) is 0 Å². The Hall–Kier alpha value is -2.09. The number of carbonyl (C=O) groups excluding carboxylic acids is 1. The summed E-state index contributed by atoms with van der Waals surface area (Å²) in [4.78, 5) is 15.9. The zero-order valence-corrected chi connectivity index (χ0v) is 18.4. The van der Waals surface area contributed by atoms with E-state index in [-0.39, 0.29) is 10.7 Å². The molecule has 29 heavy (non-hydrogen) atoms. The number of nitrogens with zero attached hydrogens (tertiary/aromatic N) is 2. The largest absolute Gasteiger partial charge is 0.467 e. The van der Waals surface area contributed by atoms with Crippen molar-refractivity contribution < 1.29 is 17.9 Å². The Morgan fingerprint density at radius 2 is 1.55 bits per heavy atom. The first-order valence-corrected chi connectivity index (χ1v) is 11.1. The van der Waals surface area contributed by atoms with Gasteiger partial charge in [-0.3, -0.25) is 4.99 Å². The highest BCUT2D eigenvalue weighted by Gasteiger charge is 2.50. The number of halogens is 2. The van der Waals surface area contributed by atoms with Crippen LogP contribution < -0.4 is 0 Å². The van der Waals surface area contributed by atoms with Crippen LogP contribution in [-0.2, 0) is 19.6 Å². The lowest BCUT2D eigenvalue weighted by atomic mass is 10.00. The fraction of sp³-hybridized carbons (Fsp3) is 0.300. The fourth-order valence-corrected chi connectivity index (χ4v) is 5.20. The van der Waals surface area contributed by atoms with Crippen LogP contribution in [0.3, 0.4) is 0 Å². The van der Waals surface area contributed by atoms with Gasteiger partial charge < -0.3 is 4.74 Å². The molecule has 2 atom stereocenters. The number of hydrogen-bond donors (Lipinski definition) is 0. The minimum atomic E-state index is -4.17. The molecule has 0 saturated heterocycles. The molecule has 0 amide bonds. The van der Waals surface area contributed by atoms with E-state index >= 15 is 0 Å². The number of amidine groups is 1. The molecule has 2 aromatic carbocycles. The SMILES string of the molecule is COC(=O)[C@@H]1[C@@H](c2ccc(C)cc2)N=C(C(Cl)Cl)N1S(=O)(=O)c1ccc(C)cc1. The number of alkyl halides is 2. The first-order chi connectivity index (χ1) is 13.7. The van der Waals surface area contributed by atoms with Crippen molar-refractivity contribution in [2.45, 2.75) is 35.7 Å². The van der Waals surface area contributed by atoms with Crippen LogP contribution in [0.5, 0.6) is 0 Å². The molecule has 0 saturated carbocycles. The van der Waals surface area contributed by atoms with Crippen LogP contribution in [0.1, 0.15) is 22.7 Å². The van der Waals surface area contributed by atoms with Crippen LogP contribution >= 0.6 is 23.2 Å². The van der Waals surface area contributed by atoms with E-state index in [0.29, 0.717) is 5.56 Å². The number of ether oxygens (including phenoxy) is 1. The lowest BCUT2D eigenvalue weighted by Gasteiger charge is -2.28. The normalized spacial score (nSPS) is 19.4. The molecule has 0 bridgehead atoms. The van der Waals surface area contributed by atoms with Gasteiger partial charge in [0.25, 0.3) is 10.0 Å². The summed E-state index contributed by atoms with van der Waals surface area (Å²) in [5.41, 5.74) is 2.57. The summed E-state index contributed by atoms with van der Waals surface area (Å²) >= 11 is 12.1. The van der Waals surface area contributed by atoms with Crippen LogP contribution in [0.15, 0.2) is 58.4 Å². The highest BCUT2D eigenvalue weighted by molar-refractivity contribution is 7.89. The molecule has 1 aliphatic heterocycles. The summed E-state index contributed by atoms with van der Waals surface area (Å²) < 4.78 is 32.7. The van der Waals surface area contributed by atoms with Crippen molar-refractivity contribution in [1.29, 1.82) is 0 Å². The molecule has 1 aliphatic rings. The second kappa shape index (κ2) is 8.34. The fourth-order valence-electron chi connectivity index (χ4n) is 3.16. The molecule has 3 rings (SSSR count). The van der Waals surface area contributed by atoms with E-state index in [2.05, 4.69) is 4.99 Å². The highest BCUT2D eigenvalue weighted by Crippen LogP contribution is 2.38. The molecular weight excluding hydrogens is 435 g/mol. The maximum atomic E-state index is 13.4. The number of hydrogen-bond acceptors (Lipinski definition) is 5. The molecule has 0 radical (unpaired) electrons. The lowest BCUT2D eigenvalue weighted by Crippen LogP contribution is -2.48. The van der Waals surface area contributed by atoms with Gasteiger partial charge >= 0.3 is 5.97 Å². The summed E-state index contributed by atoms with van der Waals surface area (Å²) in [6.07, 6.45) is 0. The molecule has 154 valence electrons. The standard InChI is InChI=1S/C20H20Cl2N2O4S/c1-12-4-8-14(9-5-12)16-17(20(25)28-3)24(19(23-16)18(21)22)29(26,27)15-10-6-13(2)7-11-15/h4-11,16-18H,1-3H3/t16-,17+/m1/s1. The number of methoxy groups -OCH3 is 1. The number of benzene rings is 2. The third kappa shape index (κ3) is 4.13. The third-order valence-corrected chi connectivity index (χ3v) is 6.87. The number of sulfonamides is 1. The number of aliphatic imine (C=N–C) groups is 1. The number of esters is 1. The average Bonchev–Trinajstić information content (AvgIpc) is 3.10. The Morgan fingerprint density at radius 1 is 1.03 bits per heavy atom. The summed E-state index contributed by atoms with van der Waals surface area (Å²) in [5.74, 6) is -0.867. The average molecular weight is 455 g/mol. The third-order valence-electron chi connectivity index (χ3n) is 4.68. The topological polar surface area (TPSA) is 76.0 Å². The van der Waals surface area contributed by atoms with E-state index in [1.807, 2.05) is 26.0 Å². The van der Waals surface area contributed by atoms with Gasteiger partial charge in [0.05, 0.1) is 12.0 Å². The Labute approximate surface area is 180 Å². The van der Waals surface area contributed by atoms with Crippen LogP contribution in [0.25, 0.3) is 0 Å². The number of carbonyl (C=O) groups is 1. The van der Waals surface area contributed by atoms with Gasteiger partial charge in [0.15, 0.2) is 10.9 Å². The van der Waals surface area contributed by atoms with Crippen molar-refractivity contribution in [1.82, 2.24) is 4.31 Å². The van der Waals surface area contributed by atoms with Crippen molar-refractivity contribution in [2.75, 3.05) is 7.11 Å². The molecule has 6 nitrogen and oxygen atoms in total. The van der Waals surface area contributed by atoms with Crippen molar-refractivity contribution in [3.63, 3.8) is 0 Å². The zero-order chi connectivity index (χ0) is 21.3. The smallest absolute Gasteiger partial charge is 0.332 e. The molecule has 0 fully saturated rings. The number of aryl methyl sites for hydroxylation is 2. The van der Waals surface area contributed by atoms with Crippen LogP contribution in [0, 0.1) is 13.8 Å². The second-order valence-electron chi connectivity index (χ2n) is 6.73. The Kier molecular flexibility index (Phi) is 6.22. The van der Waals surface area contributed by atoms with Crippen molar-refractivity contribution >= 4 is 45.0 Å². The summed E-state index contributed by atoms with van der Waals surface area (Å²) in [6.45, 7) is 3.77. The predicted octanol–water partition coefficient (Wildman–Crippen LogP) is 3.79. The molecule has 0 aromatic heterocycles. The zero-order valence-electron chi connectivity index (χ0n) is 16.0. The maximum Gasteiger partial charge on any atom is 0.332 e. The first-order valence-electron chi connectivity index (χ1n) is 8.78. The molecule has 0 N–H and O–H groups in total. The Balaban J connectivity index is 2.17. The van der Waals surface area contributed by atoms with Gasteiger partial charge in [-0.15, -0.1) is 0 Å². The molecule has 0 unspecified atom stereocenters. The van der Waals surface area contributed by atoms with Crippen molar-refractivity contribution in [3.05, 3.63) is 65.2 Å². The number of rotatable bonds is 5. The van der Waals surface area contributed by atoms with Crippen LogP contribution in [0.2, 0.25) is 0 Å². The van der Waals surface area contributed by atoms with Crippen LogP contribution in [-0.4, -0.2) is 42.5 Å². The highest BCUT2D eigenvalue weighted by atomic mass is 35.5. The van der Waals surface area contributed by atoms with E-state index in [0.717, 1.165) is 15.4 Å². The predicted molar refractivity (Wildman–Crippen MR) is 113 cm³/mol. The molecule has 1 heterocycles.